The van der Waals surface area contributed by atoms with Crippen LogP contribution in [-0.4, -0.2) is 16.9 Å². The van der Waals surface area contributed by atoms with Crippen molar-refractivity contribution in [1.82, 2.24) is 0 Å². The van der Waals surface area contributed by atoms with Crippen molar-refractivity contribution in [2.45, 2.75) is 0 Å². The Hall–Kier alpha value is -2.53. The van der Waals surface area contributed by atoms with Crippen LogP contribution in [0.5, 0.6) is 5.75 Å². The standard InChI is InChI=1S/C14H11ClN2O3/c15-12-5-4-10(18)7-11(12)14(20)17-9-3-1-2-8(6-9)13(16)19/h1-7,18H,(H2,16,19)(H,17,20). The van der Waals surface area contributed by atoms with Crippen LogP contribution < -0.4 is 11.1 Å². The highest BCUT2D eigenvalue weighted by molar-refractivity contribution is 6.34. The summed E-state index contributed by atoms with van der Waals surface area (Å²) >= 11 is 5.89. The summed E-state index contributed by atoms with van der Waals surface area (Å²) in [5.41, 5.74) is 5.99. The second-order valence-corrected chi connectivity index (χ2v) is 4.47. The molecular weight excluding hydrogens is 280 g/mol. The number of aromatic hydroxyl groups is 1. The second kappa shape index (κ2) is 5.63. The van der Waals surface area contributed by atoms with Gasteiger partial charge in [-0.3, -0.25) is 9.59 Å². The van der Waals surface area contributed by atoms with Gasteiger partial charge in [0.15, 0.2) is 0 Å². The molecule has 0 aromatic heterocycles. The van der Waals surface area contributed by atoms with E-state index < -0.39 is 11.8 Å². The Morgan fingerprint density at radius 2 is 1.90 bits per heavy atom. The maximum Gasteiger partial charge on any atom is 0.257 e. The summed E-state index contributed by atoms with van der Waals surface area (Å²) in [7, 11) is 0. The number of halogens is 1. The van der Waals surface area contributed by atoms with Gasteiger partial charge in [-0.05, 0) is 36.4 Å². The molecule has 2 aromatic carbocycles. The first-order chi connectivity index (χ1) is 9.47. The third kappa shape index (κ3) is 3.07. The van der Waals surface area contributed by atoms with Crippen LogP contribution in [0, 0.1) is 0 Å². The average molecular weight is 291 g/mol. The van der Waals surface area contributed by atoms with E-state index >= 15 is 0 Å². The molecule has 0 heterocycles. The molecule has 0 saturated carbocycles. The molecule has 0 aliphatic rings. The van der Waals surface area contributed by atoms with E-state index in [4.69, 9.17) is 17.3 Å². The smallest absolute Gasteiger partial charge is 0.257 e. The summed E-state index contributed by atoms with van der Waals surface area (Å²) < 4.78 is 0. The van der Waals surface area contributed by atoms with Crippen LogP contribution in [0.3, 0.4) is 0 Å². The van der Waals surface area contributed by atoms with E-state index in [0.29, 0.717) is 5.69 Å². The molecule has 0 saturated heterocycles. The minimum atomic E-state index is -0.587. The van der Waals surface area contributed by atoms with Crippen LogP contribution in [0.1, 0.15) is 20.7 Å². The van der Waals surface area contributed by atoms with Gasteiger partial charge in [0.05, 0.1) is 10.6 Å². The van der Waals surface area contributed by atoms with Crippen molar-refractivity contribution >= 4 is 29.1 Å². The molecular formula is C14H11ClN2O3. The number of amides is 2. The highest BCUT2D eigenvalue weighted by Gasteiger charge is 2.12. The number of phenols is 1. The third-order valence-electron chi connectivity index (χ3n) is 2.60. The number of anilines is 1. The molecule has 0 fully saturated rings. The van der Waals surface area contributed by atoms with E-state index in [-0.39, 0.29) is 21.9 Å². The summed E-state index contributed by atoms with van der Waals surface area (Å²) in [5, 5.41) is 12.2. The lowest BCUT2D eigenvalue weighted by molar-refractivity contribution is 0.0996. The molecule has 0 bridgehead atoms. The largest absolute Gasteiger partial charge is 0.508 e. The lowest BCUT2D eigenvalue weighted by Gasteiger charge is -2.08. The predicted molar refractivity (Wildman–Crippen MR) is 76.0 cm³/mol. The number of hydrogen-bond acceptors (Lipinski definition) is 3. The monoisotopic (exact) mass is 290 g/mol. The summed E-state index contributed by atoms with van der Waals surface area (Å²) in [4.78, 5) is 23.1. The average Bonchev–Trinajstić information content (AvgIpc) is 2.41. The van der Waals surface area contributed by atoms with Crippen molar-refractivity contribution in [3.05, 3.63) is 58.6 Å². The fraction of sp³-hybridized carbons (Fsp3) is 0. The van der Waals surface area contributed by atoms with E-state index in [1.165, 1.54) is 24.3 Å². The predicted octanol–water partition coefficient (Wildman–Crippen LogP) is 2.40. The highest BCUT2D eigenvalue weighted by atomic mass is 35.5. The topological polar surface area (TPSA) is 92.4 Å². The Kier molecular flexibility index (Phi) is 3.91. The van der Waals surface area contributed by atoms with E-state index in [1.54, 1.807) is 18.2 Å². The molecule has 0 atom stereocenters. The van der Waals surface area contributed by atoms with Crippen LogP contribution in [0.25, 0.3) is 0 Å². The number of phenolic OH excluding ortho intramolecular Hbond substituents is 1. The number of nitrogens with two attached hydrogens (primary N) is 1. The maximum atomic E-state index is 12.0. The molecule has 5 nitrogen and oxygen atoms in total. The number of carbonyl (C=O) groups excluding carboxylic acids is 2. The molecule has 6 heteroatoms. The normalized spacial score (nSPS) is 10.1. The van der Waals surface area contributed by atoms with Gasteiger partial charge in [-0.25, -0.2) is 0 Å². The Balaban J connectivity index is 2.25. The van der Waals surface area contributed by atoms with Crippen LogP contribution in [0.4, 0.5) is 5.69 Å². The Morgan fingerprint density at radius 3 is 2.60 bits per heavy atom. The van der Waals surface area contributed by atoms with E-state index in [2.05, 4.69) is 5.32 Å². The van der Waals surface area contributed by atoms with Gasteiger partial charge in [0.1, 0.15) is 5.75 Å². The van der Waals surface area contributed by atoms with Crippen LogP contribution in [0.15, 0.2) is 42.5 Å². The van der Waals surface area contributed by atoms with E-state index in [9.17, 15) is 14.7 Å². The zero-order valence-corrected chi connectivity index (χ0v) is 11.0. The van der Waals surface area contributed by atoms with Gasteiger partial charge in [0, 0.05) is 11.3 Å². The van der Waals surface area contributed by atoms with Crippen molar-refractivity contribution < 1.29 is 14.7 Å². The Bertz CT molecular complexity index is 686. The summed E-state index contributed by atoms with van der Waals surface area (Å²) in [6, 6.07) is 10.3. The van der Waals surface area contributed by atoms with Crippen LogP contribution in [-0.2, 0) is 0 Å². The van der Waals surface area contributed by atoms with Gasteiger partial charge in [0.25, 0.3) is 5.91 Å². The lowest BCUT2D eigenvalue weighted by atomic mass is 10.1. The molecule has 20 heavy (non-hydrogen) atoms. The molecule has 0 aliphatic carbocycles. The number of primary amides is 1. The summed E-state index contributed by atoms with van der Waals surface area (Å²) in [6.45, 7) is 0. The van der Waals surface area contributed by atoms with Crippen molar-refractivity contribution in [2.75, 3.05) is 5.32 Å². The minimum Gasteiger partial charge on any atom is -0.508 e. The van der Waals surface area contributed by atoms with Crippen molar-refractivity contribution in [2.24, 2.45) is 5.73 Å². The number of nitrogens with one attached hydrogen (secondary N) is 1. The van der Waals surface area contributed by atoms with E-state index in [1.807, 2.05) is 0 Å². The third-order valence-corrected chi connectivity index (χ3v) is 2.93. The molecule has 4 N–H and O–H groups in total. The fourth-order valence-electron chi connectivity index (χ4n) is 1.64. The molecule has 0 radical (unpaired) electrons. The Morgan fingerprint density at radius 1 is 1.15 bits per heavy atom. The van der Waals surface area contributed by atoms with E-state index in [0.717, 1.165) is 0 Å². The highest BCUT2D eigenvalue weighted by Crippen LogP contribution is 2.22. The summed E-state index contributed by atoms with van der Waals surface area (Å²) in [6.07, 6.45) is 0. The first-order valence-electron chi connectivity index (χ1n) is 5.67. The molecule has 2 amide bonds. The first kappa shape index (κ1) is 13.9. The maximum absolute atomic E-state index is 12.0. The fourth-order valence-corrected chi connectivity index (χ4v) is 1.84. The van der Waals surface area contributed by atoms with Crippen molar-refractivity contribution in [1.29, 1.82) is 0 Å². The molecule has 2 aromatic rings. The lowest BCUT2D eigenvalue weighted by Crippen LogP contribution is -2.14. The van der Waals surface area contributed by atoms with Gasteiger partial charge in [-0.15, -0.1) is 0 Å². The van der Waals surface area contributed by atoms with Gasteiger partial charge in [0.2, 0.25) is 5.91 Å². The number of rotatable bonds is 3. The molecule has 102 valence electrons. The second-order valence-electron chi connectivity index (χ2n) is 4.06. The van der Waals surface area contributed by atoms with Gasteiger partial charge >= 0.3 is 0 Å². The number of carbonyl (C=O) groups is 2. The van der Waals surface area contributed by atoms with Crippen molar-refractivity contribution in [3.63, 3.8) is 0 Å². The molecule has 0 spiro atoms. The first-order valence-corrected chi connectivity index (χ1v) is 6.05. The van der Waals surface area contributed by atoms with Gasteiger partial charge < -0.3 is 16.2 Å². The van der Waals surface area contributed by atoms with Gasteiger partial charge in [-0.2, -0.15) is 0 Å². The number of benzene rings is 2. The van der Waals surface area contributed by atoms with Crippen molar-refractivity contribution in [3.8, 4) is 5.75 Å². The molecule has 0 aliphatic heterocycles. The summed E-state index contributed by atoms with van der Waals surface area (Å²) in [5.74, 6) is -1.14. The zero-order chi connectivity index (χ0) is 14.7. The van der Waals surface area contributed by atoms with Crippen LogP contribution in [0.2, 0.25) is 5.02 Å². The zero-order valence-electron chi connectivity index (χ0n) is 10.3. The number of hydrogen-bond donors (Lipinski definition) is 3. The van der Waals surface area contributed by atoms with Gasteiger partial charge in [-0.1, -0.05) is 17.7 Å². The minimum absolute atomic E-state index is 0.0644. The van der Waals surface area contributed by atoms with Crippen LogP contribution >= 0.6 is 11.6 Å². The quantitative estimate of drug-likeness (QED) is 0.810. The molecule has 0 unspecified atom stereocenters. The Labute approximate surface area is 120 Å². The SMILES string of the molecule is NC(=O)c1cccc(NC(=O)c2cc(O)ccc2Cl)c1. The molecule has 2 rings (SSSR count).